The maximum atomic E-state index is 5.67. The van der Waals surface area contributed by atoms with Gasteiger partial charge in [-0.2, -0.15) is 5.10 Å². The molecule has 0 radical (unpaired) electrons. The summed E-state index contributed by atoms with van der Waals surface area (Å²) in [4.78, 5) is 2.29. The van der Waals surface area contributed by atoms with E-state index in [1.165, 1.54) is 0 Å². The fourth-order valence-corrected chi connectivity index (χ4v) is 5.53. The lowest BCUT2D eigenvalue weighted by Gasteiger charge is -2.48. The Balaban J connectivity index is 1.59. The number of aromatic amines is 1. The van der Waals surface area contributed by atoms with Crippen molar-refractivity contribution < 1.29 is 4.74 Å². The number of rotatable bonds is 5. The molecule has 1 fully saturated rings. The molecule has 8 heteroatoms. The number of nitrogens with zero attached hydrogens (tertiary/aromatic N) is 4. The van der Waals surface area contributed by atoms with E-state index in [9.17, 15) is 0 Å². The largest absolute Gasteiger partial charge is 0.496 e. The minimum Gasteiger partial charge on any atom is -0.496 e. The van der Waals surface area contributed by atoms with E-state index < -0.39 is 0 Å². The van der Waals surface area contributed by atoms with Crippen LogP contribution in [0, 0.1) is 0 Å². The number of anilines is 1. The van der Waals surface area contributed by atoms with Crippen LogP contribution < -0.4 is 15.0 Å². The zero-order chi connectivity index (χ0) is 21.5. The molecule has 3 heterocycles. The molecule has 1 saturated heterocycles. The second-order valence-electron chi connectivity index (χ2n) is 9.36. The molecule has 2 aromatic heterocycles. The summed E-state index contributed by atoms with van der Waals surface area (Å²) in [6.07, 6.45) is 5.79. The third kappa shape index (κ3) is 4.20. The molecule has 1 aliphatic rings. The highest BCUT2D eigenvalue weighted by molar-refractivity contribution is 7.18. The summed E-state index contributed by atoms with van der Waals surface area (Å²) in [5, 5.41) is 21.4. The summed E-state index contributed by atoms with van der Waals surface area (Å²) >= 11 is 1.61. The van der Waals surface area contributed by atoms with E-state index in [0.29, 0.717) is 6.04 Å². The van der Waals surface area contributed by atoms with Crippen molar-refractivity contribution in [3.63, 3.8) is 0 Å². The Morgan fingerprint density at radius 3 is 2.47 bits per heavy atom. The van der Waals surface area contributed by atoms with Gasteiger partial charge in [-0.1, -0.05) is 17.4 Å². The van der Waals surface area contributed by atoms with Gasteiger partial charge in [0.05, 0.1) is 18.9 Å². The van der Waals surface area contributed by atoms with Crippen LogP contribution in [0.3, 0.4) is 0 Å². The maximum Gasteiger partial charge on any atom is 0.208 e. The van der Waals surface area contributed by atoms with Crippen LogP contribution in [0.4, 0.5) is 5.13 Å². The molecule has 3 aromatic rings. The molecule has 160 valence electrons. The molecule has 0 aliphatic carbocycles. The Bertz CT molecular complexity index is 995. The highest BCUT2D eigenvalue weighted by atomic mass is 32.1. The van der Waals surface area contributed by atoms with Crippen LogP contribution in [0.5, 0.6) is 5.75 Å². The number of hydrogen-bond acceptors (Lipinski definition) is 7. The molecule has 0 spiro atoms. The third-order valence-electron chi connectivity index (χ3n) is 5.70. The third-order valence-corrected chi connectivity index (χ3v) is 6.74. The summed E-state index contributed by atoms with van der Waals surface area (Å²) in [5.41, 5.74) is 3.19. The second-order valence-corrected chi connectivity index (χ2v) is 10.3. The molecule has 4 rings (SSSR count). The van der Waals surface area contributed by atoms with Gasteiger partial charge in [-0.3, -0.25) is 5.10 Å². The van der Waals surface area contributed by atoms with Crippen molar-refractivity contribution in [3.8, 4) is 27.4 Å². The van der Waals surface area contributed by atoms with E-state index in [1.807, 2.05) is 18.3 Å². The van der Waals surface area contributed by atoms with Crippen LogP contribution in [-0.2, 0) is 0 Å². The zero-order valence-electron chi connectivity index (χ0n) is 18.5. The van der Waals surface area contributed by atoms with Gasteiger partial charge in [0.15, 0.2) is 5.01 Å². The minimum atomic E-state index is 0.0837. The van der Waals surface area contributed by atoms with E-state index in [2.05, 4.69) is 71.4 Å². The summed E-state index contributed by atoms with van der Waals surface area (Å²) in [6.45, 7) is 9.08. The van der Waals surface area contributed by atoms with Crippen molar-refractivity contribution in [3.05, 3.63) is 30.6 Å². The smallest absolute Gasteiger partial charge is 0.208 e. The Morgan fingerprint density at radius 1 is 1.10 bits per heavy atom. The molecule has 7 nitrogen and oxygen atoms in total. The van der Waals surface area contributed by atoms with Crippen molar-refractivity contribution in [1.29, 1.82) is 0 Å². The first-order chi connectivity index (χ1) is 14.2. The number of piperidine rings is 1. The molecule has 0 atom stereocenters. The van der Waals surface area contributed by atoms with Crippen LogP contribution >= 0.6 is 11.3 Å². The van der Waals surface area contributed by atoms with Crippen molar-refractivity contribution in [1.82, 2.24) is 25.7 Å². The number of methoxy groups -OCH3 is 1. The number of H-pyrrole nitrogens is 1. The molecule has 0 bridgehead atoms. The van der Waals surface area contributed by atoms with E-state index in [4.69, 9.17) is 4.74 Å². The zero-order valence-corrected chi connectivity index (χ0v) is 19.3. The predicted molar refractivity (Wildman–Crippen MR) is 122 cm³/mol. The summed E-state index contributed by atoms with van der Waals surface area (Å²) < 4.78 is 5.67. The van der Waals surface area contributed by atoms with Crippen molar-refractivity contribution in [2.75, 3.05) is 19.1 Å². The summed E-state index contributed by atoms with van der Waals surface area (Å²) in [7, 11) is 3.82. The first kappa shape index (κ1) is 20.8. The molecule has 0 saturated carbocycles. The normalized spacial score (nSPS) is 18.3. The van der Waals surface area contributed by atoms with E-state index in [-0.39, 0.29) is 11.1 Å². The number of benzene rings is 1. The van der Waals surface area contributed by atoms with Crippen LogP contribution in [0.25, 0.3) is 21.7 Å². The number of ether oxygens (including phenoxy) is 1. The second kappa shape index (κ2) is 7.67. The van der Waals surface area contributed by atoms with Gasteiger partial charge in [-0.25, -0.2) is 0 Å². The highest BCUT2D eigenvalue weighted by Crippen LogP contribution is 2.39. The number of aromatic nitrogens is 4. The molecular weight excluding hydrogens is 396 g/mol. The predicted octanol–water partition coefficient (Wildman–Crippen LogP) is 4.35. The van der Waals surface area contributed by atoms with Crippen molar-refractivity contribution >= 4 is 16.5 Å². The van der Waals surface area contributed by atoms with Crippen molar-refractivity contribution in [2.45, 2.75) is 57.7 Å². The van der Waals surface area contributed by atoms with Gasteiger partial charge in [0, 0.05) is 35.9 Å². The number of hydrogen-bond donors (Lipinski definition) is 2. The maximum absolute atomic E-state index is 5.67. The van der Waals surface area contributed by atoms with Gasteiger partial charge in [0.1, 0.15) is 5.75 Å². The first-order valence-electron chi connectivity index (χ1n) is 10.2. The van der Waals surface area contributed by atoms with Gasteiger partial charge < -0.3 is 15.0 Å². The Labute approximate surface area is 181 Å². The van der Waals surface area contributed by atoms with Crippen LogP contribution in [0.2, 0.25) is 0 Å². The monoisotopic (exact) mass is 426 g/mol. The van der Waals surface area contributed by atoms with Crippen LogP contribution in [0.15, 0.2) is 30.6 Å². The fourth-order valence-electron chi connectivity index (χ4n) is 4.62. The van der Waals surface area contributed by atoms with E-state index in [1.54, 1.807) is 24.6 Å². The Kier molecular flexibility index (Phi) is 5.32. The molecule has 0 unspecified atom stereocenters. The quantitative estimate of drug-likeness (QED) is 0.631. The topological polar surface area (TPSA) is 79.0 Å². The summed E-state index contributed by atoms with van der Waals surface area (Å²) in [5.74, 6) is 0.781. The summed E-state index contributed by atoms with van der Waals surface area (Å²) in [6, 6.07) is 6.53. The lowest BCUT2D eigenvalue weighted by molar-refractivity contribution is 0.161. The van der Waals surface area contributed by atoms with Gasteiger partial charge in [-0.05, 0) is 58.2 Å². The van der Waals surface area contributed by atoms with E-state index >= 15 is 0 Å². The van der Waals surface area contributed by atoms with Crippen LogP contribution in [0.1, 0.15) is 40.5 Å². The van der Waals surface area contributed by atoms with Crippen LogP contribution in [-0.4, -0.2) is 51.7 Å². The molecular formula is C22H30N6OS. The fraction of sp³-hybridized carbons (Fsp3) is 0.500. The average molecular weight is 427 g/mol. The Morgan fingerprint density at radius 2 is 1.83 bits per heavy atom. The molecule has 1 aliphatic heterocycles. The van der Waals surface area contributed by atoms with Gasteiger partial charge in [0.2, 0.25) is 5.13 Å². The number of nitrogens with one attached hydrogen (secondary N) is 2. The standard InChI is InChI=1S/C22H30N6OS/c1-21(2)10-16(11-22(3,4)27-21)28(5)20-26-25-19(30-20)17-8-7-14(9-18(17)29-6)15-12-23-24-13-15/h7-9,12-13,16,27H,10-11H2,1-6H3,(H,23,24). The minimum absolute atomic E-state index is 0.0837. The molecule has 2 N–H and O–H groups in total. The van der Waals surface area contributed by atoms with Gasteiger partial charge >= 0.3 is 0 Å². The molecule has 30 heavy (non-hydrogen) atoms. The van der Waals surface area contributed by atoms with Gasteiger partial charge in [0.25, 0.3) is 0 Å². The average Bonchev–Trinajstić information content (AvgIpc) is 3.36. The SMILES string of the molecule is COc1cc(-c2cn[nH]c2)ccc1-c1nnc(N(C)C2CC(C)(C)NC(C)(C)C2)s1. The van der Waals surface area contributed by atoms with E-state index in [0.717, 1.165) is 45.4 Å². The molecule has 1 aromatic carbocycles. The molecule has 0 amide bonds. The van der Waals surface area contributed by atoms with Gasteiger partial charge in [-0.15, -0.1) is 10.2 Å². The lowest BCUT2D eigenvalue weighted by Crippen LogP contribution is -2.61. The Hall–Kier alpha value is -2.45. The highest BCUT2D eigenvalue weighted by Gasteiger charge is 2.39. The first-order valence-corrected chi connectivity index (χ1v) is 11.0. The lowest BCUT2D eigenvalue weighted by atomic mass is 9.79. The van der Waals surface area contributed by atoms with Crippen molar-refractivity contribution in [2.24, 2.45) is 0 Å².